The van der Waals surface area contributed by atoms with Crippen molar-refractivity contribution in [2.45, 2.75) is 32.9 Å². The van der Waals surface area contributed by atoms with Gasteiger partial charge in [0.25, 0.3) is 0 Å². The van der Waals surface area contributed by atoms with Gasteiger partial charge in [-0.1, -0.05) is 6.92 Å². The van der Waals surface area contributed by atoms with E-state index >= 15 is 0 Å². The molecule has 2 N–H and O–H groups in total. The molecule has 0 aliphatic carbocycles. The molecule has 0 amide bonds. The third-order valence-electron chi connectivity index (χ3n) is 3.30. The Labute approximate surface area is 138 Å². The van der Waals surface area contributed by atoms with E-state index in [1.54, 1.807) is 42.3 Å². The molecule has 0 spiro atoms. The lowest BCUT2D eigenvalue weighted by Gasteiger charge is -2.11. The van der Waals surface area contributed by atoms with Crippen LogP contribution in [0.15, 0.2) is 46.8 Å². The Hall–Kier alpha value is -3.03. The van der Waals surface area contributed by atoms with Gasteiger partial charge in [-0.2, -0.15) is 5.10 Å². The van der Waals surface area contributed by atoms with Gasteiger partial charge in [-0.15, -0.1) is 0 Å². The number of carbonyl (C=O) groups is 2. The molecule has 1 atom stereocenters. The van der Waals surface area contributed by atoms with Crippen LogP contribution >= 0.6 is 0 Å². The zero-order valence-corrected chi connectivity index (χ0v) is 13.4. The van der Waals surface area contributed by atoms with Crippen molar-refractivity contribution in [1.82, 2.24) is 9.78 Å². The Morgan fingerprint density at radius 3 is 2.92 bits per heavy atom. The molecule has 0 saturated heterocycles. The van der Waals surface area contributed by atoms with E-state index in [9.17, 15) is 14.7 Å². The van der Waals surface area contributed by atoms with Crippen molar-refractivity contribution in [3.8, 4) is 0 Å². The summed E-state index contributed by atoms with van der Waals surface area (Å²) in [5.74, 6) is -1.05. The van der Waals surface area contributed by atoms with Crippen LogP contribution < -0.4 is 5.32 Å². The van der Waals surface area contributed by atoms with Gasteiger partial charge in [0.05, 0.1) is 18.6 Å². The molecule has 0 radical (unpaired) electrons. The Bertz CT molecular complexity index is 718. The van der Waals surface area contributed by atoms with E-state index in [0.29, 0.717) is 24.5 Å². The minimum atomic E-state index is -1.37. The first-order valence-corrected chi connectivity index (χ1v) is 7.46. The van der Waals surface area contributed by atoms with Crippen LogP contribution in [0.1, 0.15) is 26.0 Å². The normalized spacial score (nSPS) is 12.7. The highest BCUT2D eigenvalue weighted by atomic mass is 16.5. The van der Waals surface area contributed by atoms with Crippen LogP contribution in [0.25, 0.3) is 0 Å². The molecular weight excluding hydrogens is 314 g/mol. The van der Waals surface area contributed by atoms with Gasteiger partial charge in [0.1, 0.15) is 18.1 Å². The van der Waals surface area contributed by atoms with Crippen molar-refractivity contribution in [2.24, 2.45) is 0 Å². The molecule has 2 rings (SSSR count). The summed E-state index contributed by atoms with van der Waals surface area (Å²) < 4.78 is 11.9. The lowest BCUT2D eigenvalue weighted by atomic mass is 10.2. The molecule has 24 heavy (non-hydrogen) atoms. The van der Waals surface area contributed by atoms with Gasteiger partial charge in [-0.25, -0.2) is 14.3 Å². The smallest absolute Gasteiger partial charge is 0.347 e. The van der Waals surface area contributed by atoms with Crippen LogP contribution in [-0.4, -0.2) is 32.9 Å². The lowest BCUT2D eigenvalue weighted by Crippen LogP contribution is -2.21. The number of hydrogen-bond donors (Lipinski definition) is 2. The van der Waals surface area contributed by atoms with Crippen LogP contribution in [0.4, 0.5) is 5.82 Å². The van der Waals surface area contributed by atoms with Gasteiger partial charge in [0, 0.05) is 12.3 Å². The molecule has 8 heteroatoms. The minimum absolute atomic E-state index is 0.357. The molecule has 8 nitrogen and oxygen atoms in total. The first-order valence-electron chi connectivity index (χ1n) is 7.46. The Morgan fingerprint density at radius 2 is 2.29 bits per heavy atom. The Balaban J connectivity index is 2.11. The average Bonchev–Trinajstić information content (AvgIpc) is 3.19. The average molecular weight is 333 g/mol. The fraction of sp³-hybridized carbons (Fsp3) is 0.312. The summed E-state index contributed by atoms with van der Waals surface area (Å²) >= 11 is 0. The topological polar surface area (TPSA) is 107 Å². The number of aromatic nitrogens is 2. The van der Waals surface area contributed by atoms with E-state index in [0.717, 1.165) is 6.20 Å². The fourth-order valence-electron chi connectivity index (χ4n) is 1.82. The summed E-state index contributed by atoms with van der Waals surface area (Å²) in [6.07, 6.45) is 4.45. The SMILES string of the molecule is CCC(C)OC(=O)C(=CNc1ccnn1Cc1ccco1)C(=O)O. The van der Waals surface area contributed by atoms with E-state index in [1.165, 1.54) is 0 Å². The first kappa shape index (κ1) is 17.3. The molecule has 0 aromatic carbocycles. The predicted molar refractivity (Wildman–Crippen MR) is 85.2 cm³/mol. The quantitative estimate of drug-likeness (QED) is 0.330. The van der Waals surface area contributed by atoms with E-state index in [4.69, 9.17) is 9.15 Å². The number of carboxylic acid groups (broad SMARTS) is 1. The van der Waals surface area contributed by atoms with Gasteiger partial charge < -0.3 is 19.6 Å². The summed E-state index contributed by atoms with van der Waals surface area (Å²) in [6, 6.07) is 5.21. The van der Waals surface area contributed by atoms with Crippen molar-refractivity contribution in [1.29, 1.82) is 0 Å². The van der Waals surface area contributed by atoms with Crippen LogP contribution in [0.5, 0.6) is 0 Å². The number of aliphatic carboxylic acids is 1. The monoisotopic (exact) mass is 333 g/mol. The number of nitrogens with zero attached hydrogens (tertiary/aromatic N) is 2. The van der Waals surface area contributed by atoms with Crippen LogP contribution in [0.2, 0.25) is 0 Å². The van der Waals surface area contributed by atoms with Crippen LogP contribution in [-0.2, 0) is 20.9 Å². The van der Waals surface area contributed by atoms with Gasteiger partial charge in [0.15, 0.2) is 5.57 Å². The lowest BCUT2D eigenvalue weighted by molar-refractivity contribution is -0.147. The first-order chi connectivity index (χ1) is 11.5. The highest BCUT2D eigenvalue weighted by molar-refractivity contribution is 6.13. The molecule has 0 fully saturated rings. The second-order valence-corrected chi connectivity index (χ2v) is 5.09. The molecular formula is C16H19N3O5. The highest BCUT2D eigenvalue weighted by Crippen LogP contribution is 2.12. The molecule has 2 aromatic rings. The Morgan fingerprint density at radius 1 is 1.50 bits per heavy atom. The molecule has 0 aliphatic rings. The van der Waals surface area contributed by atoms with Crippen LogP contribution in [0.3, 0.4) is 0 Å². The number of rotatable bonds is 8. The molecule has 0 bridgehead atoms. The third-order valence-corrected chi connectivity index (χ3v) is 3.30. The standard InChI is InChI=1S/C16H19N3O5/c1-3-11(2)24-16(22)13(15(20)21)9-17-14-6-7-18-19(14)10-12-5-4-8-23-12/h4-9,11,17H,3,10H2,1-2H3,(H,20,21). The van der Waals surface area contributed by atoms with Crippen molar-refractivity contribution in [3.63, 3.8) is 0 Å². The van der Waals surface area contributed by atoms with Crippen molar-refractivity contribution >= 4 is 17.8 Å². The van der Waals surface area contributed by atoms with E-state index in [2.05, 4.69) is 10.4 Å². The molecule has 0 aliphatic heterocycles. The molecule has 128 valence electrons. The zero-order valence-electron chi connectivity index (χ0n) is 13.4. The van der Waals surface area contributed by atoms with E-state index in [-0.39, 0.29) is 6.10 Å². The number of carbonyl (C=O) groups excluding carboxylic acids is 1. The van der Waals surface area contributed by atoms with Crippen molar-refractivity contribution in [3.05, 3.63) is 48.2 Å². The Kier molecular flexibility index (Phi) is 5.78. The summed E-state index contributed by atoms with van der Waals surface area (Å²) in [6.45, 7) is 3.91. The van der Waals surface area contributed by atoms with E-state index < -0.39 is 17.5 Å². The number of anilines is 1. The van der Waals surface area contributed by atoms with Gasteiger partial charge in [0.2, 0.25) is 0 Å². The molecule has 2 heterocycles. The largest absolute Gasteiger partial charge is 0.477 e. The van der Waals surface area contributed by atoms with Crippen molar-refractivity contribution in [2.75, 3.05) is 5.32 Å². The van der Waals surface area contributed by atoms with E-state index in [1.807, 2.05) is 6.92 Å². The number of nitrogens with one attached hydrogen (secondary N) is 1. The summed E-state index contributed by atoms with van der Waals surface area (Å²) in [5, 5.41) is 16.1. The second kappa shape index (κ2) is 8.00. The summed E-state index contributed by atoms with van der Waals surface area (Å²) in [7, 11) is 0. The van der Waals surface area contributed by atoms with Gasteiger partial charge >= 0.3 is 11.9 Å². The molecule has 1 unspecified atom stereocenters. The number of hydrogen-bond acceptors (Lipinski definition) is 6. The molecule has 2 aromatic heterocycles. The maximum Gasteiger partial charge on any atom is 0.347 e. The number of furan rings is 1. The second-order valence-electron chi connectivity index (χ2n) is 5.09. The fourth-order valence-corrected chi connectivity index (χ4v) is 1.82. The zero-order chi connectivity index (χ0) is 17.5. The molecule has 0 saturated carbocycles. The maximum atomic E-state index is 11.9. The summed E-state index contributed by atoms with van der Waals surface area (Å²) in [4.78, 5) is 23.2. The highest BCUT2D eigenvalue weighted by Gasteiger charge is 2.21. The third kappa shape index (κ3) is 4.48. The van der Waals surface area contributed by atoms with Crippen LogP contribution in [0, 0.1) is 0 Å². The minimum Gasteiger partial charge on any atom is -0.477 e. The van der Waals surface area contributed by atoms with Gasteiger partial charge in [-0.3, -0.25) is 0 Å². The number of carboxylic acids is 1. The van der Waals surface area contributed by atoms with Crippen molar-refractivity contribution < 1.29 is 23.8 Å². The summed E-state index contributed by atoms with van der Waals surface area (Å²) in [5.41, 5.74) is -0.485. The maximum absolute atomic E-state index is 11.9. The predicted octanol–water partition coefficient (Wildman–Crippen LogP) is 2.25. The number of ether oxygens (including phenoxy) is 1. The number of esters is 1. The van der Waals surface area contributed by atoms with Gasteiger partial charge in [-0.05, 0) is 25.5 Å².